The van der Waals surface area contributed by atoms with Crippen molar-refractivity contribution >= 4 is 39.9 Å². The number of anilines is 2. The first-order valence-electron chi connectivity index (χ1n) is 11.1. The standard InChI is InChI=1S/C24H27N5O6S/c1-14(2)11-17-22(23(32)35-16-6-10-21(34-4)26-13-16)29-24(36-17)28-19(31)8-7-18(30)27-15-5-9-20(33-3)25-12-15/h5-6,9-10,12-14H,7-8,11H2,1-4H3,(H,27,30)(H,28,29,31). The molecule has 0 spiro atoms. The molecule has 12 heteroatoms. The van der Waals surface area contributed by atoms with Crippen LogP contribution >= 0.6 is 11.3 Å². The molecular formula is C24H27N5O6S. The maximum absolute atomic E-state index is 12.8. The lowest BCUT2D eigenvalue weighted by Gasteiger charge is -2.06. The van der Waals surface area contributed by atoms with Crippen LogP contribution in [0.5, 0.6) is 17.5 Å². The SMILES string of the molecule is COc1ccc(NC(=O)CCC(=O)Nc2nc(C(=O)Oc3ccc(OC)nc3)c(CC(C)C)s2)cn1. The molecule has 3 heterocycles. The van der Waals surface area contributed by atoms with Gasteiger partial charge in [-0.2, -0.15) is 0 Å². The fourth-order valence-corrected chi connectivity index (χ4v) is 4.16. The number of carbonyl (C=O) groups excluding carboxylic acids is 3. The number of thiazole rings is 1. The summed E-state index contributed by atoms with van der Waals surface area (Å²) < 4.78 is 15.4. The first-order valence-corrected chi connectivity index (χ1v) is 11.9. The number of aromatic nitrogens is 3. The van der Waals surface area contributed by atoms with Crippen molar-refractivity contribution in [3.8, 4) is 17.5 Å². The maximum Gasteiger partial charge on any atom is 0.363 e. The molecule has 3 aromatic rings. The molecule has 2 amide bonds. The van der Waals surface area contributed by atoms with E-state index in [2.05, 4.69) is 25.6 Å². The zero-order valence-corrected chi connectivity index (χ0v) is 21.2. The number of carbonyl (C=O) groups is 3. The van der Waals surface area contributed by atoms with Crippen LogP contribution < -0.4 is 24.8 Å². The van der Waals surface area contributed by atoms with Crippen LogP contribution in [0.2, 0.25) is 0 Å². The van der Waals surface area contributed by atoms with E-state index in [1.807, 2.05) is 13.8 Å². The average Bonchev–Trinajstić information content (AvgIpc) is 3.25. The molecule has 0 fully saturated rings. The fraction of sp³-hybridized carbons (Fsp3) is 0.333. The second-order valence-electron chi connectivity index (χ2n) is 8.00. The molecule has 0 aliphatic carbocycles. The summed E-state index contributed by atoms with van der Waals surface area (Å²) in [6, 6.07) is 6.41. The first kappa shape index (κ1) is 26.5. The Morgan fingerprint density at radius 3 is 2.11 bits per heavy atom. The summed E-state index contributed by atoms with van der Waals surface area (Å²) in [5.74, 6) is -0.0785. The van der Waals surface area contributed by atoms with Gasteiger partial charge in [-0.05, 0) is 24.5 Å². The molecule has 2 N–H and O–H groups in total. The van der Waals surface area contributed by atoms with Crippen LogP contribution in [0.1, 0.15) is 42.1 Å². The highest BCUT2D eigenvalue weighted by atomic mass is 32.1. The Hall–Kier alpha value is -4.06. The van der Waals surface area contributed by atoms with Gasteiger partial charge in [0.15, 0.2) is 10.8 Å². The zero-order chi connectivity index (χ0) is 26.1. The molecule has 0 bridgehead atoms. The van der Waals surface area contributed by atoms with Gasteiger partial charge in [0, 0.05) is 29.9 Å². The number of amides is 2. The van der Waals surface area contributed by atoms with Gasteiger partial charge in [-0.15, -0.1) is 11.3 Å². The van der Waals surface area contributed by atoms with Gasteiger partial charge in [0.25, 0.3) is 0 Å². The van der Waals surface area contributed by atoms with Crippen molar-refractivity contribution in [2.75, 3.05) is 24.9 Å². The second-order valence-corrected chi connectivity index (χ2v) is 9.08. The third-order valence-electron chi connectivity index (χ3n) is 4.67. The highest BCUT2D eigenvalue weighted by molar-refractivity contribution is 7.16. The summed E-state index contributed by atoms with van der Waals surface area (Å²) in [6.07, 6.45) is 3.32. The van der Waals surface area contributed by atoms with E-state index in [4.69, 9.17) is 14.2 Å². The lowest BCUT2D eigenvalue weighted by Crippen LogP contribution is -2.17. The number of nitrogens with one attached hydrogen (secondary N) is 2. The Kier molecular flexibility index (Phi) is 9.28. The Labute approximate surface area is 212 Å². The van der Waals surface area contributed by atoms with Crippen LogP contribution in [0.3, 0.4) is 0 Å². The predicted octanol–water partition coefficient (Wildman–Crippen LogP) is 3.73. The summed E-state index contributed by atoms with van der Waals surface area (Å²) in [6.45, 7) is 4.02. The predicted molar refractivity (Wildman–Crippen MR) is 134 cm³/mol. The number of rotatable bonds is 11. The normalized spacial score (nSPS) is 10.6. The quantitative estimate of drug-likeness (QED) is 0.367. The van der Waals surface area contributed by atoms with E-state index in [0.29, 0.717) is 28.7 Å². The van der Waals surface area contributed by atoms with Crippen molar-refractivity contribution in [1.82, 2.24) is 15.0 Å². The van der Waals surface area contributed by atoms with Crippen LogP contribution in [0.15, 0.2) is 36.7 Å². The second kappa shape index (κ2) is 12.6. The topological polar surface area (TPSA) is 142 Å². The number of hydrogen-bond donors (Lipinski definition) is 2. The Morgan fingerprint density at radius 2 is 1.56 bits per heavy atom. The van der Waals surface area contributed by atoms with Gasteiger partial charge in [-0.25, -0.2) is 19.7 Å². The molecule has 0 aromatic carbocycles. The lowest BCUT2D eigenvalue weighted by molar-refractivity contribution is -0.121. The van der Waals surface area contributed by atoms with Gasteiger partial charge >= 0.3 is 5.97 Å². The Bertz CT molecular complexity index is 1190. The van der Waals surface area contributed by atoms with E-state index in [9.17, 15) is 14.4 Å². The molecule has 3 rings (SSSR count). The lowest BCUT2D eigenvalue weighted by atomic mass is 10.1. The highest BCUT2D eigenvalue weighted by Crippen LogP contribution is 2.27. The number of hydrogen-bond acceptors (Lipinski definition) is 10. The van der Waals surface area contributed by atoms with Crippen molar-refractivity contribution in [1.29, 1.82) is 0 Å². The molecule has 0 radical (unpaired) electrons. The van der Waals surface area contributed by atoms with Crippen LogP contribution in [-0.4, -0.2) is 47.0 Å². The van der Waals surface area contributed by atoms with Crippen molar-refractivity contribution < 1.29 is 28.6 Å². The monoisotopic (exact) mass is 513 g/mol. The van der Waals surface area contributed by atoms with Gasteiger partial charge in [0.2, 0.25) is 23.6 Å². The Morgan fingerprint density at radius 1 is 0.917 bits per heavy atom. The van der Waals surface area contributed by atoms with Gasteiger partial charge in [0.05, 0.1) is 32.3 Å². The van der Waals surface area contributed by atoms with Crippen LogP contribution in [0, 0.1) is 5.92 Å². The van der Waals surface area contributed by atoms with Gasteiger partial charge < -0.3 is 24.8 Å². The van der Waals surface area contributed by atoms with E-state index in [-0.39, 0.29) is 41.2 Å². The van der Waals surface area contributed by atoms with Crippen molar-refractivity contribution in [3.05, 3.63) is 47.2 Å². The van der Waals surface area contributed by atoms with Crippen LogP contribution in [0.4, 0.5) is 10.8 Å². The average molecular weight is 514 g/mol. The van der Waals surface area contributed by atoms with Gasteiger partial charge in [-0.1, -0.05) is 13.8 Å². The molecule has 36 heavy (non-hydrogen) atoms. The zero-order valence-electron chi connectivity index (χ0n) is 20.4. The molecule has 3 aromatic heterocycles. The van der Waals surface area contributed by atoms with E-state index in [0.717, 1.165) is 0 Å². The van der Waals surface area contributed by atoms with E-state index >= 15 is 0 Å². The molecule has 0 aliphatic heterocycles. The van der Waals surface area contributed by atoms with Crippen LogP contribution in [-0.2, 0) is 16.0 Å². The minimum atomic E-state index is -0.651. The Balaban J connectivity index is 1.59. The molecule has 0 aliphatic rings. The smallest absolute Gasteiger partial charge is 0.363 e. The third kappa shape index (κ3) is 7.73. The third-order valence-corrected chi connectivity index (χ3v) is 5.66. The summed E-state index contributed by atoms with van der Waals surface area (Å²) in [4.78, 5) is 50.4. The molecule has 11 nitrogen and oxygen atoms in total. The number of methoxy groups -OCH3 is 2. The van der Waals surface area contributed by atoms with E-state index < -0.39 is 11.9 Å². The molecule has 0 saturated carbocycles. The van der Waals surface area contributed by atoms with Gasteiger partial charge in [-0.3, -0.25) is 9.59 Å². The van der Waals surface area contributed by atoms with E-state index in [1.165, 1.54) is 38.0 Å². The highest BCUT2D eigenvalue weighted by Gasteiger charge is 2.22. The number of nitrogens with zero attached hydrogens (tertiary/aromatic N) is 3. The van der Waals surface area contributed by atoms with Crippen molar-refractivity contribution in [3.63, 3.8) is 0 Å². The molecule has 0 unspecified atom stereocenters. The van der Waals surface area contributed by atoms with Crippen LogP contribution in [0.25, 0.3) is 0 Å². The largest absolute Gasteiger partial charge is 0.481 e. The molecule has 0 atom stereocenters. The molecular weight excluding hydrogens is 486 g/mol. The summed E-state index contributed by atoms with van der Waals surface area (Å²) >= 11 is 1.20. The first-order chi connectivity index (χ1) is 17.3. The number of pyridine rings is 2. The van der Waals surface area contributed by atoms with E-state index in [1.54, 1.807) is 24.3 Å². The van der Waals surface area contributed by atoms with Crippen molar-refractivity contribution in [2.24, 2.45) is 5.92 Å². The molecule has 0 saturated heterocycles. The maximum atomic E-state index is 12.8. The minimum Gasteiger partial charge on any atom is -0.481 e. The number of ether oxygens (including phenoxy) is 3. The number of esters is 1. The van der Waals surface area contributed by atoms with Gasteiger partial charge in [0.1, 0.15) is 5.75 Å². The molecule has 190 valence electrons. The minimum absolute atomic E-state index is 0.0402. The van der Waals surface area contributed by atoms with Crippen molar-refractivity contribution in [2.45, 2.75) is 33.1 Å². The summed E-state index contributed by atoms with van der Waals surface area (Å²) in [5.41, 5.74) is 0.624. The summed E-state index contributed by atoms with van der Waals surface area (Å²) in [5, 5.41) is 5.59. The fourth-order valence-electron chi connectivity index (χ4n) is 2.98. The summed E-state index contributed by atoms with van der Waals surface area (Å²) in [7, 11) is 2.99.